The standard InChI is InChI=1S/C3H9N3O/c1-3(6-7)5-4-2/h3-5H,1-2H3/t3-/m1/s1. The van der Waals surface area contributed by atoms with Crippen LogP contribution in [0, 0.1) is 4.91 Å². The number of hydrogen-bond donors (Lipinski definition) is 2. The molecule has 0 rings (SSSR count). The van der Waals surface area contributed by atoms with E-state index < -0.39 is 0 Å². The van der Waals surface area contributed by atoms with Gasteiger partial charge < -0.3 is 0 Å². The van der Waals surface area contributed by atoms with Gasteiger partial charge in [0.15, 0.2) is 6.17 Å². The summed E-state index contributed by atoms with van der Waals surface area (Å²) in [5.41, 5.74) is 5.14. The van der Waals surface area contributed by atoms with E-state index in [0.717, 1.165) is 0 Å². The number of hydrogen-bond acceptors (Lipinski definition) is 4. The smallest absolute Gasteiger partial charge is 0.151 e. The minimum absolute atomic E-state index is 0.343. The highest BCUT2D eigenvalue weighted by atomic mass is 16.3. The quantitative estimate of drug-likeness (QED) is 0.385. The van der Waals surface area contributed by atoms with E-state index in [9.17, 15) is 4.91 Å². The fourth-order valence-electron chi connectivity index (χ4n) is 0.235. The topological polar surface area (TPSA) is 53.5 Å². The first-order chi connectivity index (χ1) is 3.31. The van der Waals surface area contributed by atoms with Gasteiger partial charge in [0.1, 0.15) is 0 Å². The molecule has 0 aliphatic heterocycles. The van der Waals surface area contributed by atoms with Crippen LogP contribution in [0.1, 0.15) is 6.92 Å². The maximum absolute atomic E-state index is 9.54. The van der Waals surface area contributed by atoms with Crippen LogP contribution in [0.2, 0.25) is 0 Å². The first-order valence-corrected chi connectivity index (χ1v) is 2.06. The lowest BCUT2D eigenvalue weighted by Gasteiger charge is -2.00. The predicted octanol–water partition coefficient (Wildman–Crippen LogP) is -0.177. The van der Waals surface area contributed by atoms with Gasteiger partial charge in [0.2, 0.25) is 0 Å². The number of hydrazine groups is 1. The maximum atomic E-state index is 9.54. The Bertz CT molecular complexity index is 56.1. The number of nitrogens with one attached hydrogen (secondary N) is 2. The summed E-state index contributed by atoms with van der Waals surface area (Å²) in [7, 11) is 1.68. The third-order valence-corrected chi connectivity index (χ3v) is 0.511. The highest BCUT2D eigenvalue weighted by molar-refractivity contribution is 4.47. The van der Waals surface area contributed by atoms with Gasteiger partial charge in [-0.3, -0.25) is 5.43 Å². The number of nitroso groups, excluding NO2 is 1. The Morgan fingerprint density at radius 1 is 1.71 bits per heavy atom. The second kappa shape index (κ2) is 3.70. The Labute approximate surface area is 42.2 Å². The minimum Gasteiger partial charge on any atom is -0.259 e. The van der Waals surface area contributed by atoms with Gasteiger partial charge in [-0.05, 0) is 19.1 Å². The van der Waals surface area contributed by atoms with Crippen molar-refractivity contribution in [1.29, 1.82) is 0 Å². The molecule has 0 saturated heterocycles. The van der Waals surface area contributed by atoms with Crippen molar-refractivity contribution >= 4 is 0 Å². The highest BCUT2D eigenvalue weighted by Crippen LogP contribution is 1.74. The average Bonchev–Trinajstić information content (AvgIpc) is 1.68. The van der Waals surface area contributed by atoms with Gasteiger partial charge in [0.25, 0.3) is 0 Å². The highest BCUT2D eigenvalue weighted by Gasteiger charge is 1.91. The molecule has 42 valence electrons. The minimum atomic E-state index is -0.343. The monoisotopic (exact) mass is 103 g/mol. The van der Waals surface area contributed by atoms with Crippen molar-refractivity contribution in [2.24, 2.45) is 5.18 Å². The normalized spacial score (nSPS) is 13.4. The third kappa shape index (κ3) is 3.35. The lowest BCUT2D eigenvalue weighted by atomic mass is 10.6. The van der Waals surface area contributed by atoms with Gasteiger partial charge >= 0.3 is 0 Å². The molecule has 0 aromatic carbocycles. The first-order valence-electron chi connectivity index (χ1n) is 2.06. The van der Waals surface area contributed by atoms with Gasteiger partial charge in [-0.1, -0.05) is 0 Å². The Morgan fingerprint density at radius 2 is 2.29 bits per heavy atom. The Balaban J connectivity index is 2.98. The zero-order valence-corrected chi connectivity index (χ0v) is 4.43. The van der Waals surface area contributed by atoms with Crippen LogP contribution in [-0.2, 0) is 0 Å². The molecule has 0 unspecified atom stereocenters. The zero-order chi connectivity index (χ0) is 5.70. The molecule has 4 heteroatoms. The average molecular weight is 103 g/mol. The van der Waals surface area contributed by atoms with Crippen molar-refractivity contribution in [3.05, 3.63) is 4.91 Å². The summed E-state index contributed by atoms with van der Waals surface area (Å²) < 4.78 is 0. The molecule has 0 saturated carbocycles. The molecule has 0 amide bonds. The van der Waals surface area contributed by atoms with Crippen LogP contribution in [0.3, 0.4) is 0 Å². The molecule has 0 bridgehead atoms. The molecule has 0 heterocycles. The second-order valence-corrected chi connectivity index (χ2v) is 1.18. The lowest BCUT2D eigenvalue weighted by Crippen LogP contribution is -2.34. The van der Waals surface area contributed by atoms with E-state index in [1.54, 1.807) is 14.0 Å². The summed E-state index contributed by atoms with van der Waals surface area (Å²) in [6, 6.07) is 0. The molecule has 2 N–H and O–H groups in total. The number of nitrogens with zero attached hydrogens (tertiary/aromatic N) is 1. The summed E-state index contributed by atoms with van der Waals surface area (Å²) in [4.78, 5) is 9.54. The predicted molar refractivity (Wildman–Crippen MR) is 27.5 cm³/mol. The van der Waals surface area contributed by atoms with Crippen molar-refractivity contribution < 1.29 is 0 Å². The largest absolute Gasteiger partial charge is 0.259 e. The summed E-state index contributed by atoms with van der Waals surface area (Å²) in [6.07, 6.45) is -0.343. The van der Waals surface area contributed by atoms with E-state index in [1.165, 1.54) is 0 Å². The molecule has 7 heavy (non-hydrogen) atoms. The molecule has 1 atom stereocenters. The number of rotatable bonds is 3. The van der Waals surface area contributed by atoms with E-state index >= 15 is 0 Å². The first kappa shape index (κ1) is 6.52. The van der Waals surface area contributed by atoms with E-state index in [1.807, 2.05) is 0 Å². The molecule has 0 aliphatic rings. The van der Waals surface area contributed by atoms with E-state index in [0.29, 0.717) is 0 Å². The van der Waals surface area contributed by atoms with Gasteiger partial charge in [-0.15, -0.1) is 4.91 Å². The van der Waals surface area contributed by atoms with Gasteiger partial charge in [-0.2, -0.15) is 0 Å². The molecular weight excluding hydrogens is 94.1 g/mol. The molecule has 0 aromatic heterocycles. The van der Waals surface area contributed by atoms with Crippen molar-refractivity contribution in [2.45, 2.75) is 13.1 Å². The summed E-state index contributed by atoms with van der Waals surface area (Å²) >= 11 is 0. The van der Waals surface area contributed by atoms with Crippen LogP contribution in [0.25, 0.3) is 0 Å². The lowest BCUT2D eigenvalue weighted by molar-refractivity contribution is 0.500. The molecule has 0 aliphatic carbocycles. The van der Waals surface area contributed by atoms with Crippen LogP contribution >= 0.6 is 0 Å². The fraction of sp³-hybridized carbons (Fsp3) is 1.00. The Hall–Kier alpha value is -0.480. The van der Waals surface area contributed by atoms with Gasteiger partial charge in [0, 0.05) is 0 Å². The Morgan fingerprint density at radius 3 is 2.43 bits per heavy atom. The van der Waals surface area contributed by atoms with Crippen LogP contribution < -0.4 is 10.9 Å². The SMILES string of the molecule is CNN[C@@H](C)N=O. The fourth-order valence-corrected chi connectivity index (χ4v) is 0.235. The van der Waals surface area contributed by atoms with E-state index in [-0.39, 0.29) is 6.17 Å². The maximum Gasteiger partial charge on any atom is 0.151 e. The van der Waals surface area contributed by atoms with Crippen molar-refractivity contribution in [3.63, 3.8) is 0 Å². The molecule has 4 nitrogen and oxygen atoms in total. The molecule has 0 fully saturated rings. The third-order valence-electron chi connectivity index (χ3n) is 0.511. The van der Waals surface area contributed by atoms with Crippen molar-refractivity contribution in [1.82, 2.24) is 10.9 Å². The summed E-state index contributed by atoms with van der Waals surface area (Å²) in [5.74, 6) is 0. The van der Waals surface area contributed by atoms with Crippen LogP contribution in [0.15, 0.2) is 5.18 Å². The zero-order valence-electron chi connectivity index (χ0n) is 4.43. The van der Waals surface area contributed by atoms with Crippen molar-refractivity contribution in [2.75, 3.05) is 7.05 Å². The molecule has 0 spiro atoms. The molecular formula is C3H9N3O. The van der Waals surface area contributed by atoms with Crippen LogP contribution in [0.5, 0.6) is 0 Å². The molecule has 0 radical (unpaired) electrons. The van der Waals surface area contributed by atoms with Gasteiger partial charge in [-0.25, -0.2) is 5.43 Å². The van der Waals surface area contributed by atoms with E-state index in [4.69, 9.17) is 0 Å². The van der Waals surface area contributed by atoms with Crippen molar-refractivity contribution in [3.8, 4) is 0 Å². The summed E-state index contributed by atoms with van der Waals surface area (Å²) in [6.45, 7) is 1.66. The Kier molecular flexibility index (Phi) is 3.45. The van der Waals surface area contributed by atoms with Gasteiger partial charge in [0.05, 0.1) is 0 Å². The van der Waals surface area contributed by atoms with Crippen LogP contribution in [-0.4, -0.2) is 13.2 Å². The summed E-state index contributed by atoms with van der Waals surface area (Å²) in [5, 5.41) is 2.65. The second-order valence-electron chi connectivity index (χ2n) is 1.18. The van der Waals surface area contributed by atoms with Crippen LogP contribution in [0.4, 0.5) is 0 Å². The molecule has 0 aromatic rings. The van der Waals surface area contributed by atoms with E-state index in [2.05, 4.69) is 16.0 Å².